The smallest absolute Gasteiger partial charge is 0.346 e. The Balaban J connectivity index is 1.99. The minimum Gasteiger partial charge on any atom is -0.493 e. The lowest BCUT2D eigenvalue weighted by atomic mass is 10.1. The van der Waals surface area contributed by atoms with Crippen LogP contribution in [0.2, 0.25) is 0 Å². The Bertz CT molecular complexity index is 1060. The van der Waals surface area contributed by atoms with Crippen LogP contribution >= 0.6 is 0 Å². The molecule has 3 rings (SSSR count). The Hall–Kier alpha value is -3.07. The van der Waals surface area contributed by atoms with Crippen molar-refractivity contribution in [3.63, 3.8) is 0 Å². The third-order valence-corrected chi connectivity index (χ3v) is 6.31. The van der Waals surface area contributed by atoms with Crippen molar-refractivity contribution in [2.45, 2.75) is 18.7 Å². The first-order valence-corrected chi connectivity index (χ1v) is 9.83. The molecule has 0 aromatic heterocycles. The number of urea groups is 1. The molecule has 3 amide bonds. The Kier molecular flexibility index (Phi) is 5.03. The fraction of sp³-hybridized carbons (Fsp3) is 0.263. The lowest BCUT2D eigenvalue weighted by molar-refractivity contribution is -0.121. The molecule has 8 nitrogen and oxygen atoms in total. The monoisotopic (exact) mass is 404 g/mol. The van der Waals surface area contributed by atoms with E-state index in [1.54, 1.807) is 25.1 Å². The quantitative estimate of drug-likeness (QED) is 0.711. The summed E-state index contributed by atoms with van der Waals surface area (Å²) in [5, 5.41) is 0. The molecule has 0 aliphatic carbocycles. The van der Waals surface area contributed by atoms with Crippen LogP contribution in [0.3, 0.4) is 0 Å². The maximum Gasteiger partial charge on any atom is 0.346 e. The summed E-state index contributed by atoms with van der Waals surface area (Å²) in [6, 6.07) is 8.18. The van der Waals surface area contributed by atoms with Crippen LogP contribution in [-0.4, -0.2) is 45.4 Å². The van der Waals surface area contributed by atoms with Gasteiger partial charge in [-0.1, -0.05) is 6.07 Å². The zero-order valence-corrected chi connectivity index (χ0v) is 16.7. The molecular formula is C19H20N2O6S. The molecule has 1 fully saturated rings. The van der Waals surface area contributed by atoms with Gasteiger partial charge in [-0.2, -0.15) is 0 Å². The number of aryl methyl sites for hydroxylation is 2. The average Bonchev–Trinajstić information content (AvgIpc) is 2.98. The van der Waals surface area contributed by atoms with Gasteiger partial charge in [0.05, 0.1) is 24.8 Å². The zero-order valence-electron chi connectivity index (χ0n) is 15.9. The number of ether oxygens (including phenoxy) is 2. The first-order valence-electron chi connectivity index (χ1n) is 8.39. The molecule has 1 aliphatic heterocycles. The lowest BCUT2D eigenvalue weighted by Gasteiger charge is -2.18. The molecule has 0 bridgehead atoms. The van der Waals surface area contributed by atoms with Gasteiger partial charge in [0.15, 0.2) is 11.5 Å². The molecule has 2 aromatic carbocycles. The van der Waals surface area contributed by atoms with Crippen molar-refractivity contribution in [1.82, 2.24) is 4.31 Å². The minimum absolute atomic E-state index is 0.105. The summed E-state index contributed by atoms with van der Waals surface area (Å²) in [6.07, 6.45) is 0. The van der Waals surface area contributed by atoms with Crippen LogP contribution in [0.15, 0.2) is 41.3 Å². The van der Waals surface area contributed by atoms with Crippen LogP contribution in [0.25, 0.3) is 0 Å². The zero-order chi connectivity index (χ0) is 20.6. The van der Waals surface area contributed by atoms with Crippen molar-refractivity contribution in [2.75, 3.05) is 25.7 Å². The van der Waals surface area contributed by atoms with Gasteiger partial charge < -0.3 is 9.47 Å². The largest absolute Gasteiger partial charge is 0.493 e. The minimum atomic E-state index is -4.31. The molecule has 2 aromatic rings. The number of imide groups is 1. The van der Waals surface area contributed by atoms with Crippen LogP contribution < -0.4 is 14.4 Å². The van der Waals surface area contributed by atoms with Crippen LogP contribution in [0.5, 0.6) is 11.5 Å². The predicted octanol–water partition coefficient (Wildman–Crippen LogP) is 2.48. The third kappa shape index (κ3) is 3.18. The number of hydrogen-bond acceptors (Lipinski definition) is 6. The summed E-state index contributed by atoms with van der Waals surface area (Å²) < 4.78 is 36.5. The van der Waals surface area contributed by atoms with Crippen molar-refractivity contribution in [2.24, 2.45) is 0 Å². The molecule has 1 saturated heterocycles. The summed E-state index contributed by atoms with van der Waals surface area (Å²) in [5.74, 6) is -0.0161. The number of anilines is 1. The number of nitrogens with zero attached hydrogens (tertiary/aromatic N) is 2. The van der Waals surface area contributed by atoms with E-state index in [2.05, 4.69) is 0 Å². The molecule has 0 N–H and O–H groups in total. The van der Waals surface area contributed by atoms with Crippen molar-refractivity contribution < 1.29 is 27.5 Å². The summed E-state index contributed by atoms with van der Waals surface area (Å²) in [6.45, 7) is 3.22. The van der Waals surface area contributed by atoms with Gasteiger partial charge in [0.1, 0.15) is 6.54 Å². The van der Waals surface area contributed by atoms with Gasteiger partial charge in [-0.05, 0) is 49.2 Å². The lowest BCUT2D eigenvalue weighted by Crippen LogP contribution is -2.38. The Morgan fingerprint density at radius 1 is 0.893 bits per heavy atom. The SMILES string of the molecule is COc1ccc(N2CC(=O)N(S(=O)(=O)c3ccc(C)c(C)c3)C2=O)cc1OC. The molecule has 28 heavy (non-hydrogen) atoms. The van der Waals surface area contributed by atoms with Crippen molar-refractivity contribution in [3.8, 4) is 11.5 Å². The number of rotatable bonds is 5. The standard InChI is InChI=1S/C19H20N2O6S/c1-12-5-7-15(9-13(12)2)28(24,25)21-18(22)11-20(19(21)23)14-6-8-16(26-3)17(10-14)27-4/h5-10H,11H2,1-4H3. The molecule has 0 saturated carbocycles. The van der Waals surface area contributed by atoms with E-state index in [1.165, 1.54) is 32.4 Å². The van der Waals surface area contributed by atoms with Crippen LogP contribution in [0.4, 0.5) is 10.5 Å². The van der Waals surface area contributed by atoms with Crippen LogP contribution in [-0.2, 0) is 14.8 Å². The highest BCUT2D eigenvalue weighted by molar-refractivity contribution is 7.90. The number of sulfonamides is 1. The third-order valence-electron chi connectivity index (χ3n) is 4.62. The summed E-state index contributed by atoms with van der Waals surface area (Å²) in [7, 11) is -1.40. The molecule has 0 unspecified atom stereocenters. The summed E-state index contributed by atoms with van der Waals surface area (Å²) in [4.78, 5) is 26.2. The summed E-state index contributed by atoms with van der Waals surface area (Å²) >= 11 is 0. The molecule has 1 aliphatic rings. The highest BCUT2D eigenvalue weighted by Gasteiger charge is 2.45. The van der Waals surface area contributed by atoms with E-state index in [0.717, 1.165) is 16.0 Å². The molecule has 0 spiro atoms. The number of hydrogen-bond donors (Lipinski definition) is 0. The maximum atomic E-state index is 12.9. The normalized spacial score (nSPS) is 14.6. The fourth-order valence-corrected chi connectivity index (χ4v) is 4.30. The van der Waals surface area contributed by atoms with E-state index in [4.69, 9.17) is 9.47 Å². The average molecular weight is 404 g/mol. The van der Waals surface area contributed by atoms with E-state index in [0.29, 0.717) is 21.5 Å². The van der Waals surface area contributed by atoms with Crippen LogP contribution in [0, 0.1) is 13.8 Å². The van der Waals surface area contributed by atoms with Gasteiger partial charge in [-0.25, -0.2) is 13.2 Å². The molecule has 148 valence electrons. The molecular weight excluding hydrogens is 384 g/mol. The Morgan fingerprint density at radius 2 is 1.57 bits per heavy atom. The van der Waals surface area contributed by atoms with Gasteiger partial charge in [-0.3, -0.25) is 9.69 Å². The van der Waals surface area contributed by atoms with Gasteiger partial charge in [0.2, 0.25) is 0 Å². The second kappa shape index (κ2) is 7.16. The predicted molar refractivity (Wildman–Crippen MR) is 102 cm³/mol. The number of carbonyl (C=O) groups excluding carboxylic acids is 2. The molecule has 0 radical (unpaired) electrons. The Labute approximate surface area is 163 Å². The summed E-state index contributed by atoms with van der Waals surface area (Å²) in [5.41, 5.74) is 1.98. The highest BCUT2D eigenvalue weighted by Crippen LogP contribution is 2.34. The number of benzene rings is 2. The topological polar surface area (TPSA) is 93.2 Å². The van der Waals surface area contributed by atoms with Crippen molar-refractivity contribution in [1.29, 1.82) is 0 Å². The fourth-order valence-electron chi connectivity index (χ4n) is 2.89. The molecule has 0 atom stereocenters. The molecule has 1 heterocycles. The Morgan fingerprint density at radius 3 is 2.18 bits per heavy atom. The van der Waals surface area contributed by atoms with Gasteiger partial charge in [0, 0.05) is 6.07 Å². The second-order valence-corrected chi connectivity index (χ2v) is 8.10. The van der Waals surface area contributed by atoms with E-state index in [-0.39, 0.29) is 4.90 Å². The number of methoxy groups -OCH3 is 2. The number of carbonyl (C=O) groups is 2. The second-order valence-electron chi connectivity index (χ2n) is 6.32. The van der Waals surface area contributed by atoms with E-state index < -0.39 is 28.5 Å². The van der Waals surface area contributed by atoms with E-state index >= 15 is 0 Å². The first kappa shape index (κ1) is 19.7. The molecule has 9 heteroatoms. The van der Waals surface area contributed by atoms with Crippen molar-refractivity contribution >= 4 is 27.6 Å². The highest BCUT2D eigenvalue weighted by atomic mass is 32.2. The van der Waals surface area contributed by atoms with Crippen molar-refractivity contribution in [3.05, 3.63) is 47.5 Å². The van der Waals surface area contributed by atoms with E-state index in [9.17, 15) is 18.0 Å². The first-order chi connectivity index (χ1) is 13.2. The number of amides is 3. The van der Waals surface area contributed by atoms with Gasteiger partial charge in [-0.15, -0.1) is 4.31 Å². The van der Waals surface area contributed by atoms with E-state index in [1.807, 2.05) is 6.92 Å². The van der Waals surface area contributed by atoms with Crippen LogP contribution in [0.1, 0.15) is 11.1 Å². The maximum absolute atomic E-state index is 12.9. The van der Waals surface area contributed by atoms with Gasteiger partial charge in [0.25, 0.3) is 15.9 Å². The van der Waals surface area contributed by atoms with Gasteiger partial charge >= 0.3 is 6.03 Å².